The third-order valence-electron chi connectivity index (χ3n) is 3.42. The lowest BCUT2D eigenvalue weighted by molar-refractivity contribution is 0.0962. The highest BCUT2D eigenvalue weighted by Gasteiger charge is 2.16. The Labute approximate surface area is 138 Å². The van der Waals surface area contributed by atoms with Crippen LogP contribution in [0.2, 0.25) is 0 Å². The molecule has 0 radical (unpaired) electrons. The maximum atomic E-state index is 12.0. The minimum absolute atomic E-state index is 0.180. The Morgan fingerprint density at radius 1 is 1.21 bits per heavy atom. The number of nitrogens with zero attached hydrogens (tertiary/aromatic N) is 5. The largest absolute Gasteiger partial charge is 0.467 e. The highest BCUT2D eigenvalue weighted by Crippen LogP contribution is 2.14. The summed E-state index contributed by atoms with van der Waals surface area (Å²) in [6.45, 7) is 3.29. The van der Waals surface area contributed by atoms with Gasteiger partial charge in [0.25, 0.3) is 5.91 Å². The highest BCUT2D eigenvalue weighted by molar-refractivity contribution is 5.94. The van der Waals surface area contributed by atoms with Crippen LogP contribution in [0.25, 0.3) is 0 Å². The molecule has 0 spiro atoms. The number of ether oxygens (including phenoxy) is 1. The summed E-state index contributed by atoms with van der Waals surface area (Å²) in [4.78, 5) is 30.6. The number of hydrazine groups is 1. The van der Waals surface area contributed by atoms with Gasteiger partial charge < -0.3 is 15.0 Å². The van der Waals surface area contributed by atoms with Gasteiger partial charge in [0.1, 0.15) is 0 Å². The number of methoxy groups -OCH3 is 1. The molecule has 0 atom stereocenters. The zero-order chi connectivity index (χ0) is 16.8. The van der Waals surface area contributed by atoms with Crippen LogP contribution in [0.1, 0.15) is 10.4 Å². The second-order valence-electron chi connectivity index (χ2n) is 5.00. The van der Waals surface area contributed by atoms with E-state index in [0.717, 1.165) is 26.2 Å². The molecule has 3 N–H and O–H groups in total. The normalized spacial score (nSPS) is 14.1. The molecule has 126 valence electrons. The van der Waals surface area contributed by atoms with E-state index >= 15 is 0 Å². The Balaban J connectivity index is 1.71. The number of carbonyl (C=O) groups is 1. The van der Waals surface area contributed by atoms with Gasteiger partial charge in [-0.05, 0) is 12.1 Å². The molecule has 2 aromatic rings. The van der Waals surface area contributed by atoms with E-state index in [9.17, 15) is 4.79 Å². The van der Waals surface area contributed by atoms with Crippen LogP contribution in [0.15, 0.2) is 24.5 Å². The first-order valence-electron chi connectivity index (χ1n) is 7.48. The molecule has 0 aromatic carbocycles. The van der Waals surface area contributed by atoms with E-state index in [-0.39, 0.29) is 17.9 Å². The molecule has 1 saturated heterocycles. The first-order chi connectivity index (χ1) is 11.8. The van der Waals surface area contributed by atoms with Crippen molar-refractivity contribution >= 4 is 17.8 Å². The summed E-state index contributed by atoms with van der Waals surface area (Å²) in [5.74, 6) is 0.391. The SMILES string of the molecule is COc1nc(NNC(=O)c2ccncc2)nc(N2CCNCC2)n1. The van der Waals surface area contributed by atoms with Crippen molar-refractivity contribution in [3.8, 4) is 6.01 Å². The summed E-state index contributed by atoms with van der Waals surface area (Å²) < 4.78 is 5.11. The third kappa shape index (κ3) is 3.84. The van der Waals surface area contributed by atoms with Crippen LogP contribution < -0.4 is 25.8 Å². The van der Waals surface area contributed by atoms with Crippen LogP contribution in [0.4, 0.5) is 11.9 Å². The molecule has 1 amide bonds. The van der Waals surface area contributed by atoms with Crippen molar-refractivity contribution < 1.29 is 9.53 Å². The summed E-state index contributed by atoms with van der Waals surface area (Å²) in [5.41, 5.74) is 5.71. The molecule has 3 heterocycles. The predicted molar refractivity (Wildman–Crippen MR) is 86.8 cm³/mol. The first kappa shape index (κ1) is 15.9. The van der Waals surface area contributed by atoms with E-state index in [1.165, 1.54) is 7.11 Å². The number of aromatic nitrogens is 4. The quantitative estimate of drug-likeness (QED) is 0.620. The van der Waals surface area contributed by atoms with Gasteiger partial charge in [0, 0.05) is 44.1 Å². The number of piperazine rings is 1. The number of hydrogen-bond donors (Lipinski definition) is 3. The van der Waals surface area contributed by atoms with Crippen LogP contribution >= 0.6 is 0 Å². The minimum atomic E-state index is -0.319. The fourth-order valence-electron chi connectivity index (χ4n) is 2.19. The number of nitrogens with one attached hydrogen (secondary N) is 3. The number of amides is 1. The molecule has 0 bridgehead atoms. The highest BCUT2D eigenvalue weighted by atomic mass is 16.5. The molecule has 1 aliphatic heterocycles. The Kier molecular flexibility index (Phi) is 4.96. The lowest BCUT2D eigenvalue weighted by Crippen LogP contribution is -2.44. The van der Waals surface area contributed by atoms with Crippen LogP contribution in [0, 0.1) is 0 Å². The zero-order valence-corrected chi connectivity index (χ0v) is 13.2. The summed E-state index contributed by atoms with van der Waals surface area (Å²) in [6, 6.07) is 3.40. The molecule has 10 heteroatoms. The van der Waals surface area contributed by atoms with Gasteiger partial charge in [-0.15, -0.1) is 0 Å². The van der Waals surface area contributed by atoms with E-state index in [2.05, 4.69) is 36.1 Å². The van der Waals surface area contributed by atoms with Gasteiger partial charge in [-0.25, -0.2) is 0 Å². The van der Waals surface area contributed by atoms with E-state index < -0.39 is 0 Å². The standard InChI is InChI=1S/C14H18N8O2/c1-24-14-18-12(17-13(19-14)22-8-6-16-7-9-22)21-20-11(23)10-2-4-15-5-3-10/h2-5,16H,6-9H2,1H3,(H,20,23)(H,17,18,19,21). The van der Waals surface area contributed by atoms with E-state index in [0.29, 0.717) is 11.5 Å². The number of carbonyl (C=O) groups excluding carboxylic acids is 1. The van der Waals surface area contributed by atoms with E-state index in [1.807, 2.05) is 4.90 Å². The average Bonchev–Trinajstić information content (AvgIpc) is 2.67. The van der Waals surface area contributed by atoms with Crippen molar-refractivity contribution in [3.63, 3.8) is 0 Å². The van der Waals surface area contributed by atoms with Gasteiger partial charge in [-0.1, -0.05) is 0 Å². The van der Waals surface area contributed by atoms with Crippen LogP contribution in [-0.4, -0.2) is 59.1 Å². The molecule has 0 saturated carbocycles. The minimum Gasteiger partial charge on any atom is -0.467 e. The van der Waals surface area contributed by atoms with Crippen LogP contribution in [0.3, 0.4) is 0 Å². The Morgan fingerprint density at radius 2 is 1.96 bits per heavy atom. The van der Waals surface area contributed by atoms with Crippen molar-refractivity contribution in [3.05, 3.63) is 30.1 Å². The number of hydrogen-bond acceptors (Lipinski definition) is 9. The zero-order valence-electron chi connectivity index (χ0n) is 13.2. The molecule has 2 aromatic heterocycles. The third-order valence-corrected chi connectivity index (χ3v) is 3.42. The second kappa shape index (κ2) is 7.51. The Hall–Kier alpha value is -3.01. The van der Waals surface area contributed by atoms with Crippen molar-refractivity contribution in [2.75, 3.05) is 43.6 Å². The van der Waals surface area contributed by atoms with Crippen molar-refractivity contribution in [2.45, 2.75) is 0 Å². The number of anilines is 2. The summed E-state index contributed by atoms with van der Waals surface area (Å²) in [7, 11) is 1.48. The van der Waals surface area contributed by atoms with Gasteiger partial charge in [-0.2, -0.15) is 15.0 Å². The van der Waals surface area contributed by atoms with Gasteiger partial charge >= 0.3 is 6.01 Å². The summed E-state index contributed by atoms with van der Waals surface area (Å²) in [6.07, 6.45) is 3.09. The molecule has 10 nitrogen and oxygen atoms in total. The van der Waals surface area contributed by atoms with Crippen LogP contribution in [0.5, 0.6) is 6.01 Å². The van der Waals surface area contributed by atoms with Crippen molar-refractivity contribution in [2.24, 2.45) is 0 Å². The molecule has 24 heavy (non-hydrogen) atoms. The molecule has 0 aliphatic carbocycles. The topological polar surface area (TPSA) is 117 Å². The van der Waals surface area contributed by atoms with E-state index in [1.54, 1.807) is 24.5 Å². The number of rotatable bonds is 5. The van der Waals surface area contributed by atoms with Gasteiger partial charge in [-0.3, -0.25) is 20.6 Å². The molecular formula is C14H18N8O2. The predicted octanol–water partition coefficient (Wildman–Crippen LogP) is -0.558. The Morgan fingerprint density at radius 3 is 2.67 bits per heavy atom. The maximum absolute atomic E-state index is 12.0. The second-order valence-corrected chi connectivity index (χ2v) is 5.00. The van der Waals surface area contributed by atoms with Gasteiger partial charge in [0.05, 0.1) is 7.11 Å². The smallest absolute Gasteiger partial charge is 0.322 e. The molecule has 0 unspecified atom stereocenters. The molecule has 1 fully saturated rings. The lowest BCUT2D eigenvalue weighted by Gasteiger charge is -2.27. The monoisotopic (exact) mass is 330 g/mol. The summed E-state index contributed by atoms with van der Waals surface area (Å²) >= 11 is 0. The van der Waals surface area contributed by atoms with Crippen LogP contribution in [-0.2, 0) is 0 Å². The molecule has 1 aliphatic rings. The molecular weight excluding hydrogens is 312 g/mol. The summed E-state index contributed by atoms with van der Waals surface area (Å²) in [5, 5.41) is 3.26. The number of pyridine rings is 1. The van der Waals surface area contributed by atoms with Crippen molar-refractivity contribution in [1.82, 2.24) is 30.7 Å². The van der Waals surface area contributed by atoms with Gasteiger partial charge in [0.2, 0.25) is 11.9 Å². The van der Waals surface area contributed by atoms with E-state index in [4.69, 9.17) is 4.74 Å². The average molecular weight is 330 g/mol. The fraction of sp³-hybridized carbons (Fsp3) is 0.357. The van der Waals surface area contributed by atoms with Gasteiger partial charge in [0.15, 0.2) is 0 Å². The first-order valence-corrected chi connectivity index (χ1v) is 7.48. The lowest BCUT2D eigenvalue weighted by atomic mass is 10.3. The maximum Gasteiger partial charge on any atom is 0.322 e. The van der Waals surface area contributed by atoms with Crippen molar-refractivity contribution in [1.29, 1.82) is 0 Å². The Bertz CT molecular complexity index is 690. The molecule has 3 rings (SSSR count). The fourth-order valence-corrected chi connectivity index (χ4v) is 2.19.